The molecule has 1 saturated carbocycles. The lowest BCUT2D eigenvalue weighted by Crippen LogP contribution is -2.45. The Labute approximate surface area is 92.1 Å². The predicted octanol–water partition coefficient (Wildman–Crippen LogP) is 1.01. The van der Waals surface area contributed by atoms with Gasteiger partial charge < -0.3 is 5.11 Å². The molecule has 0 saturated heterocycles. The van der Waals surface area contributed by atoms with Gasteiger partial charge in [0.05, 0.1) is 11.4 Å². The SMILES string of the molecule is CC(C)S(=O)(=O)NC1CCCCCC1O. The van der Waals surface area contributed by atoms with Crippen molar-refractivity contribution in [3.8, 4) is 0 Å². The van der Waals surface area contributed by atoms with Crippen LogP contribution in [-0.4, -0.2) is 30.9 Å². The Hall–Kier alpha value is -0.130. The molecule has 0 aliphatic heterocycles. The highest BCUT2D eigenvalue weighted by Gasteiger charge is 2.27. The van der Waals surface area contributed by atoms with Gasteiger partial charge in [-0.05, 0) is 26.7 Å². The van der Waals surface area contributed by atoms with Crippen LogP contribution in [-0.2, 0) is 10.0 Å². The molecule has 0 radical (unpaired) electrons. The van der Waals surface area contributed by atoms with Crippen LogP contribution in [0.15, 0.2) is 0 Å². The van der Waals surface area contributed by atoms with Crippen molar-refractivity contribution >= 4 is 10.0 Å². The lowest BCUT2D eigenvalue weighted by molar-refractivity contribution is 0.130. The maximum absolute atomic E-state index is 11.6. The smallest absolute Gasteiger partial charge is 0.214 e. The first kappa shape index (κ1) is 12.9. The van der Waals surface area contributed by atoms with Crippen LogP contribution in [0.25, 0.3) is 0 Å². The first-order valence-electron chi connectivity index (χ1n) is 5.62. The summed E-state index contributed by atoms with van der Waals surface area (Å²) in [6, 6.07) is -0.292. The summed E-state index contributed by atoms with van der Waals surface area (Å²) in [5.41, 5.74) is 0. The maximum Gasteiger partial charge on any atom is 0.214 e. The molecule has 15 heavy (non-hydrogen) atoms. The normalized spacial score (nSPS) is 29.1. The molecule has 0 aromatic rings. The van der Waals surface area contributed by atoms with Gasteiger partial charge in [0, 0.05) is 6.04 Å². The molecular weight excluding hydrogens is 214 g/mol. The summed E-state index contributed by atoms with van der Waals surface area (Å²) in [6.45, 7) is 3.29. The van der Waals surface area contributed by atoms with E-state index >= 15 is 0 Å². The van der Waals surface area contributed by atoms with E-state index in [0.717, 1.165) is 25.7 Å². The molecule has 90 valence electrons. The van der Waals surface area contributed by atoms with Gasteiger partial charge in [-0.25, -0.2) is 13.1 Å². The van der Waals surface area contributed by atoms with Crippen LogP contribution in [0.4, 0.5) is 0 Å². The monoisotopic (exact) mass is 235 g/mol. The molecule has 2 atom stereocenters. The zero-order valence-corrected chi connectivity index (χ0v) is 10.3. The summed E-state index contributed by atoms with van der Waals surface area (Å²) in [4.78, 5) is 0. The fourth-order valence-corrected chi connectivity index (χ4v) is 2.74. The third kappa shape index (κ3) is 3.74. The molecule has 2 unspecified atom stereocenters. The Balaban J connectivity index is 2.63. The predicted molar refractivity (Wildman–Crippen MR) is 60.1 cm³/mol. The average Bonchev–Trinajstić information content (AvgIpc) is 2.31. The highest BCUT2D eigenvalue weighted by Crippen LogP contribution is 2.19. The Kier molecular flexibility index (Phi) is 4.55. The number of aliphatic hydroxyl groups is 1. The van der Waals surface area contributed by atoms with E-state index < -0.39 is 21.4 Å². The van der Waals surface area contributed by atoms with Gasteiger partial charge in [0.1, 0.15) is 0 Å². The molecule has 5 heteroatoms. The standard InChI is InChI=1S/C10H21NO3S/c1-8(2)15(13,14)11-9-6-4-3-5-7-10(9)12/h8-12H,3-7H2,1-2H3. The average molecular weight is 235 g/mol. The molecule has 0 amide bonds. The second-order valence-electron chi connectivity index (χ2n) is 4.52. The van der Waals surface area contributed by atoms with E-state index in [-0.39, 0.29) is 6.04 Å². The molecule has 1 aliphatic rings. The summed E-state index contributed by atoms with van der Waals surface area (Å²) in [5, 5.41) is 9.33. The van der Waals surface area contributed by atoms with Crippen LogP contribution in [0.2, 0.25) is 0 Å². The van der Waals surface area contributed by atoms with E-state index in [0.29, 0.717) is 6.42 Å². The van der Waals surface area contributed by atoms with Crippen molar-refractivity contribution in [2.24, 2.45) is 0 Å². The number of hydrogen-bond acceptors (Lipinski definition) is 3. The molecule has 1 rings (SSSR count). The molecule has 0 spiro atoms. The number of sulfonamides is 1. The highest BCUT2D eigenvalue weighted by molar-refractivity contribution is 7.90. The summed E-state index contributed by atoms with van der Waals surface area (Å²) in [7, 11) is -3.26. The molecule has 0 aromatic carbocycles. The van der Waals surface area contributed by atoms with E-state index in [4.69, 9.17) is 0 Å². The van der Waals surface area contributed by atoms with Crippen molar-refractivity contribution in [2.45, 2.75) is 63.3 Å². The summed E-state index contributed by atoms with van der Waals surface area (Å²) in [6.07, 6.45) is 3.97. The lowest BCUT2D eigenvalue weighted by atomic mass is 10.1. The van der Waals surface area contributed by atoms with Gasteiger partial charge in [0.15, 0.2) is 0 Å². The second-order valence-corrected chi connectivity index (χ2v) is 6.79. The minimum absolute atomic E-state index is 0.292. The van der Waals surface area contributed by atoms with E-state index in [1.165, 1.54) is 0 Å². The molecule has 4 nitrogen and oxygen atoms in total. The first-order valence-corrected chi connectivity index (χ1v) is 7.17. The van der Waals surface area contributed by atoms with Crippen molar-refractivity contribution in [3.63, 3.8) is 0 Å². The van der Waals surface area contributed by atoms with E-state index in [2.05, 4.69) is 4.72 Å². The molecule has 1 fully saturated rings. The van der Waals surface area contributed by atoms with Crippen LogP contribution in [0.1, 0.15) is 46.0 Å². The van der Waals surface area contributed by atoms with Crippen LogP contribution >= 0.6 is 0 Å². The molecule has 1 aliphatic carbocycles. The van der Waals surface area contributed by atoms with Crippen molar-refractivity contribution in [2.75, 3.05) is 0 Å². The van der Waals surface area contributed by atoms with Gasteiger partial charge in [-0.2, -0.15) is 0 Å². The third-order valence-corrected chi connectivity index (χ3v) is 4.79. The summed E-state index contributed by atoms with van der Waals surface area (Å²) < 4.78 is 25.9. The third-order valence-electron chi connectivity index (χ3n) is 2.92. The Morgan fingerprint density at radius 3 is 2.40 bits per heavy atom. The Morgan fingerprint density at radius 2 is 1.80 bits per heavy atom. The molecule has 2 N–H and O–H groups in total. The summed E-state index contributed by atoms with van der Waals surface area (Å²) in [5.74, 6) is 0. The summed E-state index contributed by atoms with van der Waals surface area (Å²) >= 11 is 0. The van der Waals surface area contributed by atoms with Crippen molar-refractivity contribution < 1.29 is 13.5 Å². The van der Waals surface area contributed by atoms with Gasteiger partial charge in [-0.3, -0.25) is 0 Å². The van der Waals surface area contributed by atoms with E-state index in [1.54, 1.807) is 13.8 Å². The zero-order chi connectivity index (χ0) is 11.5. The number of hydrogen-bond donors (Lipinski definition) is 2. The van der Waals surface area contributed by atoms with Crippen LogP contribution in [0.5, 0.6) is 0 Å². The zero-order valence-electron chi connectivity index (χ0n) is 9.44. The minimum atomic E-state index is -3.26. The Morgan fingerprint density at radius 1 is 1.20 bits per heavy atom. The van der Waals surface area contributed by atoms with Crippen molar-refractivity contribution in [1.29, 1.82) is 0 Å². The quantitative estimate of drug-likeness (QED) is 0.717. The first-order chi connectivity index (χ1) is 6.93. The van der Waals surface area contributed by atoms with Crippen molar-refractivity contribution in [1.82, 2.24) is 4.72 Å². The van der Waals surface area contributed by atoms with Crippen molar-refractivity contribution in [3.05, 3.63) is 0 Å². The van der Waals surface area contributed by atoms with Crippen LogP contribution in [0.3, 0.4) is 0 Å². The number of aliphatic hydroxyl groups excluding tert-OH is 1. The fourth-order valence-electron chi connectivity index (χ4n) is 1.77. The van der Waals surface area contributed by atoms with Gasteiger partial charge in [-0.15, -0.1) is 0 Å². The van der Waals surface area contributed by atoms with Gasteiger partial charge >= 0.3 is 0 Å². The highest BCUT2D eigenvalue weighted by atomic mass is 32.2. The van der Waals surface area contributed by atoms with Crippen LogP contribution < -0.4 is 4.72 Å². The molecular formula is C10H21NO3S. The fraction of sp³-hybridized carbons (Fsp3) is 1.00. The topological polar surface area (TPSA) is 66.4 Å². The number of rotatable bonds is 3. The minimum Gasteiger partial charge on any atom is -0.391 e. The molecule has 0 heterocycles. The maximum atomic E-state index is 11.6. The van der Waals surface area contributed by atoms with Gasteiger partial charge in [-0.1, -0.05) is 19.3 Å². The van der Waals surface area contributed by atoms with E-state index in [1.807, 2.05) is 0 Å². The molecule has 0 aromatic heterocycles. The van der Waals surface area contributed by atoms with Crippen LogP contribution in [0, 0.1) is 0 Å². The number of nitrogens with one attached hydrogen (secondary N) is 1. The van der Waals surface area contributed by atoms with E-state index in [9.17, 15) is 13.5 Å². The van der Waals surface area contributed by atoms with Gasteiger partial charge in [0.2, 0.25) is 10.0 Å². The largest absolute Gasteiger partial charge is 0.391 e. The Bertz CT molecular complexity index is 287. The molecule has 0 bridgehead atoms. The lowest BCUT2D eigenvalue weighted by Gasteiger charge is -2.22. The van der Waals surface area contributed by atoms with Gasteiger partial charge in [0.25, 0.3) is 0 Å². The second kappa shape index (κ2) is 5.27.